The van der Waals surface area contributed by atoms with Crippen molar-refractivity contribution in [2.45, 2.75) is 62.6 Å². The Labute approximate surface area is 155 Å². The average molecular weight is 384 g/mol. The third kappa shape index (κ3) is 4.36. The molecule has 0 saturated heterocycles. The third-order valence-electron chi connectivity index (χ3n) is 4.67. The number of nitrogens with one attached hydrogen (secondary N) is 1. The van der Waals surface area contributed by atoms with Crippen LogP contribution in [0.25, 0.3) is 0 Å². The number of hydrogen-bond acceptors (Lipinski definition) is 5. The SMILES string of the molecule is COc1ccc(S(=O)(=O)N(C)C2CCCCC2O)cc1C(=O)NC(C)C. The highest BCUT2D eigenvalue weighted by atomic mass is 32.2. The van der Waals surface area contributed by atoms with Crippen molar-refractivity contribution in [1.82, 2.24) is 9.62 Å². The molecule has 1 aliphatic carbocycles. The van der Waals surface area contributed by atoms with Crippen molar-refractivity contribution in [3.8, 4) is 5.75 Å². The lowest BCUT2D eigenvalue weighted by Crippen LogP contribution is -2.46. The van der Waals surface area contributed by atoms with E-state index in [1.165, 1.54) is 36.7 Å². The van der Waals surface area contributed by atoms with Gasteiger partial charge in [-0.1, -0.05) is 12.8 Å². The number of carbonyl (C=O) groups excluding carboxylic acids is 1. The number of hydrogen-bond donors (Lipinski definition) is 2. The van der Waals surface area contributed by atoms with Crippen LogP contribution in [-0.4, -0.2) is 56.1 Å². The van der Waals surface area contributed by atoms with Gasteiger partial charge >= 0.3 is 0 Å². The van der Waals surface area contributed by atoms with Crippen LogP contribution < -0.4 is 10.1 Å². The molecule has 1 aromatic carbocycles. The maximum atomic E-state index is 13.0. The maximum Gasteiger partial charge on any atom is 0.255 e. The van der Waals surface area contributed by atoms with Crippen LogP contribution in [0.15, 0.2) is 23.1 Å². The zero-order valence-corrected chi connectivity index (χ0v) is 16.5. The lowest BCUT2D eigenvalue weighted by molar-refractivity contribution is 0.0638. The van der Waals surface area contributed by atoms with Gasteiger partial charge in [0, 0.05) is 13.1 Å². The molecule has 1 aliphatic rings. The van der Waals surface area contributed by atoms with Crippen LogP contribution >= 0.6 is 0 Å². The summed E-state index contributed by atoms with van der Waals surface area (Å²) in [6.07, 6.45) is 2.31. The minimum atomic E-state index is -3.84. The van der Waals surface area contributed by atoms with E-state index in [0.717, 1.165) is 12.8 Å². The molecule has 7 nitrogen and oxygen atoms in total. The Morgan fingerprint density at radius 1 is 1.31 bits per heavy atom. The molecule has 1 fully saturated rings. The molecule has 1 saturated carbocycles. The molecule has 8 heteroatoms. The Balaban J connectivity index is 2.38. The van der Waals surface area contributed by atoms with Crippen LogP contribution in [0, 0.1) is 0 Å². The molecular weight excluding hydrogens is 356 g/mol. The standard InChI is InChI=1S/C18H28N2O5S/c1-12(2)19-18(22)14-11-13(9-10-17(14)25-4)26(23,24)20(3)15-7-5-6-8-16(15)21/h9-12,15-16,21H,5-8H2,1-4H3,(H,19,22). The molecule has 0 spiro atoms. The summed E-state index contributed by atoms with van der Waals surface area (Å²) in [5.74, 6) is -0.0864. The Hall–Kier alpha value is -1.64. The van der Waals surface area contributed by atoms with Crippen LogP contribution in [0.5, 0.6) is 5.75 Å². The second-order valence-corrected chi connectivity index (χ2v) is 8.93. The van der Waals surface area contributed by atoms with Crippen molar-refractivity contribution < 1.29 is 23.1 Å². The van der Waals surface area contributed by atoms with Gasteiger partial charge in [0.15, 0.2) is 0 Å². The number of carbonyl (C=O) groups is 1. The number of sulfonamides is 1. The second kappa shape index (κ2) is 8.37. The molecule has 146 valence electrons. The normalized spacial score (nSPS) is 21.0. The van der Waals surface area contributed by atoms with Crippen LogP contribution in [0.2, 0.25) is 0 Å². The number of rotatable bonds is 6. The molecule has 2 rings (SSSR count). The summed E-state index contributed by atoms with van der Waals surface area (Å²) in [6, 6.07) is 3.69. The fraction of sp³-hybridized carbons (Fsp3) is 0.611. The first-order valence-corrected chi connectivity index (χ1v) is 10.3. The summed E-state index contributed by atoms with van der Waals surface area (Å²) in [6.45, 7) is 3.65. The van der Waals surface area contributed by atoms with Gasteiger partial charge in [0.1, 0.15) is 5.75 Å². The Kier molecular flexibility index (Phi) is 6.65. The van der Waals surface area contributed by atoms with Crippen molar-refractivity contribution in [3.05, 3.63) is 23.8 Å². The van der Waals surface area contributed by atoms with Gasteiger partial charge < -0.3 is 15.2 Å². The number of ether oxygens (including phenoxy) is 1. The van der Waals surface area contributed by atoms with Crippen molar-refractivity contribution in [2.75, 3.05) is 14.2 Å². The first-order chi connectivity index (χ1) is 12.2. The summed E-state index contributed by atoms with van der Waals surface area (Å²) in [7, 11) is -0.934. The minimum Gasteiger partial charge on any atom is -0.496 e. The number of nitrogens with zero attached hydrogens (tertiary/aromatic N) is 1. The number of methoxy groups -OCH3 is 1. The fourth-order valence-corrected chi connectivity index (χ4v) is 4.67. The molecule has 1 amide bonds. The van der Waals surface area contributed by atoms with E-state index >= 15 is 0 Å². The van der Waals surface area contributed by atoms with Gasteiger partial charge in [-0.05, 0) is 44.9 Å². The Morgan fingerprint density at radius 2 is 1.96 bits per heavy atom. The number of benzene rings is 1. The highest BCUT2D eigenvalue weighted by molar-refractivity contribution is 7.89. The summed E-state index contributed by atoms with van der Waals surface area (Å²) in [5.41, 5.74) is 0.167. The van der Waals surface area contributed by atoms with Gasteiger partial charge in [-0.15, -0.1) is 0 Å². The summed E-state index contributed by atoms with van der Waals surface area (Å²) < 4.78 is 32.5. The molecule has 0 bridgehead atoms. The van der Waals surface area contributed by atoms with Crippen molar-refractivity contribution in [1.29, 1.82) is 0 Å². The maximum absolute atomic E-state index is 13.0. The van der Waals surface area contributed by atoms with Crippen molar-refractivity contribution >= 4 is 15.9 Å². The van der Waals surface area contributed by atoms with Gasteiger partial charge in [-0.25, -0.2) is 8.42 Å². The molecule has 0 radical (unpaired) electrons. The van der Waals surface area contributed by atoms with E-state index in [9.17, 15) is 18.3 Å². The second-order valence-electron chi connectivity index (χ2n) is 6.93. The van der Waals surface area contributed by atoms with E-state index in [1.54, 1.807) is 0 Å². The van der Waals surface area contributed by atoms with E-state index in [-0.39, 0.29) is 16.5 Å². The van der Waals surface area contributed by atoms with Gasteiger partial charge in [0.25, 0.3) is 5.91 Å². The molecule has 0 aromatic heterocycles. The van der Waals surface area contributed by atoms with Crippen LogP contribution in [0.4, 0.5) is 0 Å². The average Bonchev–Trinajstić information content (AvgIpc) is 2.60. The molecule has 1 aromatic rings. The topological polar surface area (TPSA) is 95.9 Å². The largest absolute Gasteiger partial charge is 0.496 e. The summed E-state index contributed by atoms with van der Waals surface area (Å²) in [5, 5.41) is 12.9. The fourth-order valence-electron chi connectivity index (χ4n) is 3.23. The highest BCUT2D eigenvalue weighted by Crippen LogP contribution is 2.29. The quantitative estimate of drug-likeness (QED) is 0.779. The van der Waals surface area contributed by atoms with Gasteiger partial charge in [-0.3, -0.25) is 4.79 Å². The molecule has 0 aliphatic heterocycles. The van der Waals surface area contributed by atoms with E-state index in [1.807, 2.05) is 13.8 Å². The molecule has 2 N–H and O–H groups in total. The zero-order valence-electron chi connectivity index (χ0n) is 15.7. The third-order valence-corrected chi connectivity index (χ3v) is 6.55. The molecule has 2 unspecified atom stereocenters. The number of amides is 1. The predicted molar refractivity (Wildman–Crippen MR) is 98.8 cm³/mol. The Morgan fingerprint density at radius 3 is 2.54 bits per heavy atom. The van der Waals surface area contributed by atoms with Crippen LogP contribution in [-0.2, 0) is 10.0 Å². The van der Waals surface area contributed by atoms with Gasteiger partial charge in [0.2, 0.25) is 10.0 Å². The molecule has 26 heavy (non-hydrogen) atoms. The van der Waals surface area contributed by atoms with E-state index in [0.29, 0.717) is 18.6 Å². The predicted octanol–water partition coefficient (Wildman–Crippen LogP) is 1.76. The Bertz CT molecular complexity index is 748. The smallest absolute Gasteiger partial charge is 0.255 e. The van der Waals surface area contributed by atoms with E-state index < -0.39 is 28.1 Å². The van der Waals surface area contributed by atoms with Gasteiger partial charge in [0.05, 0.1) is 29.7 Å². The highest BCUT2D eigenvalue weighted by Gasteiger charge is 2.34. The first-order valence-electron chi connectivity index (χ1n) is 8.83. The van der Waals surface area contributed by atoms with Gasteiger partial charge in [-0.2, -0.15) is 4.31 Å². The monoisotopic (exact) mass is 384 g/mol. The minimum absolute atomic E-state index is 0.00693. The van der Waals surface area contributed by atoms with Crippen LogP contribution in [0.1, 0.15) is 49.9 Å². The first kappa shape index (κ1) is 20.7. The van der Waals surface area contributed by atoms with E-state index in [4.69, 9.17) is 4.74 Å². The number of likely N-dealkylation sites (N-methyl/N-ethyl adjacent to an activating group) is 1. The lowest BCUT2D eigenvalue weighted by atomic mass is 9.93. The lowest BCUT2D eigenvalue weighted by Gasteiger charge is -2.34. The number of aliphatic hydroxyl groups is 1. The molecular formula is C18H28N2O5S. The molecule has 0 heterocycles. The molecule has 2 atom stereocenters. The van der Waals surface area contributed by atoms with Crippen molar-refractivity contribution in [2.24, 2.45) is 0 Å². The zero-order chi connectivity index (χ0) is 19.5. The van der Waals surface area contributed by atoms with E-state index in [2.05, 4.69) is 5.32 Å². The van der Waals surface area contributed by atoms with Crippen LogP contribution in [0.3, 0.4) is 0 Å². The summed E-state index contributed by atoms with van der Waals surface area (Å²) >= 11 is 0. The van der Waals surface area contributed by atoms with Crippen molar-refractivity contribution in [3.63, 3.8) is 0 Å². The number of aliphatic hydroxyl groups excluding tert-OH is 1. The summed E-state index contributed by atoms with van der Waals surface area (Å²) in [4.78, 5) is 12.4.